The quantitative estimate of drug-likeness (QED) is 0.313. The minimum absolute atomic E-state index is 0.0295. The van der Waals surface area contributed by atoms with Gasteiger partial charge in [0, 0.05) is 30.4 Å². The summed E-state index contributed by atoms with van der Waals surface area (Å²) >= 11 is 0. The zero-order valence-corrected chi connectivity index (χ0v) is 19.6. The van der Waals surface area contributed by atoms with Crippen LogP contribution in [0.15, 0.2) is 66.9 Å². The Morgan fingerprint density at radius 2 is 1.62 bits per heavy atom. The predicted molar refractivity (Wildman–Crippen MR) is 137 cm³/mol. The van der Waals surface area contributed by atoms with Crippen LogP contribution in [0.1, 0.15) is 54.2 Å². The molecule has 0 atom stereocenters. The summed E-state index contributed by atoms with van der Waals surface area (Å²) in [6.45, 7) is 2.91. The summed E-state index contributed by atoms with van der Waals surface area (Å²) in [5.41, 5.74) is 8.07. The number of nitrogens with one attached hydrogen (secondary N) is 2. The van der Waals surface area contributed by atoms with E-state index < -0.39 is 0 Å². The lowest BCUT2D eigenvalue weighted by atomic mass is 10.00. The monoisotopic (exact) mass is 450 g/mol. The molecule has 2 aromatic heterocycles. The Morgan fingerprint density at radius 1 is 0.882 bits per heavy atom. The number of benzene rings is 2. The molecule has 5 heteroatoms. The standard InChI is InChI=1S/C29H30N4O/c1-2-3-4-5-6-20-7-9-21(10-8-20)22-11-13-23(14-12-22)28-30-17-16-26(33-28)27-19-24-25(32-27)15-18-31-29(24)34/h7-14,16-17,19,32H,2-6,15,18H2,1H3,(H,31,34). The fourth-order valence-corrected chi connectivity index (χ4v) is 4.51. The van der Waals surface area contributed by atoms with Crippen molar-refractivity contribution in [3.63, 3.8) is 0 Å². The molecule has 0 spiro atoms. The first-order valence-electron chi connectivity index (χ1n) is 12.2. The van der Waals surface area contributed by atoms with Gasteiger partial charge in [0.2, 0.25) is 0 Å². The zero-order chi connectivity index (χ0) is 23.3. The van der Waals surface area contributed by atoms with Crippen molar-refractivity contribution in [2.24, 2.45) is 0 Å². The highest BCUT2D eigenvalue weighted by Crippen LogP contribution is 2.27. The number of hydrogen-bond acceptors (Lipinski definition) is 3. The third-order valence-electron chi connectivity index (χ3n) is 6.49. The second kappa shape index (κ2) is 10.0. The average Bonchev–Trinajstić information content (AvgIpc) is 3.33. The Balaban J connectivity index is 1.31. The van der Waals surface area contributed by atoms with E-state index in [9.17, 15) is 4.79 Å². The van der Waals surface area contributed by atoms with E-state index in [1.165, 1.54) is 42.4 Å². The van der Waals surface area contributed by atoms with Gasteiger partial charge >= 0.3 is 0 Å². The highest BCUT2D eigenvalue weighted by molar-refractivity contribution is 5.97. The molecule has 172 valence electrons. The lowest BCUT2D eigenvalue weighted by molar-refractivity contribution is 0.0946. The number of nitrogens with zero attached hydrogens (tertiary/aromatic N) is 2. The summed E-state index contributed by atoms with van der Waals surface area (Å²) in [5, 5.41) is 2.88. The van der Waals surface area contributed by atoms with Crippen molar-refractivity contribution in [2.75, 3.05) is 6.54 Å². The SMILES string of the molecule is CCCCCCc1ccc(-c2ccc(-c3nccc(-c4cc5c([nH]4)CCNC5=O)n3)cc2)cc1. The van der Waals surface area contributed by atoms with Gasteiger partial charge in [-0.25, -0.2) is 9.97 Å². The minimum atomic E-state index is -0.0295. The minimum Gasteiger partial charge on any atom is -0.356 e. The van der Waals surface area contributed by atoms with Crippen LogP contribution in [0.25, 0.3) is 33.9 Å². The van der Waals surface area contributed by atoms with Gasteiger partial charge in [-0.1, -0.05) is 74.7 Å². The van der Waals surface area contributed by atoms with E-state index >= 15 is 0 Å². The number of aromatic amines is 1. The van der Waals surface area contributed by atoms with Crippen LogP contribution in [0.3, 0.4) is 0 Å². The fraction of sp³-hybridized carbons (Fsp3) is 0.276. The van der Waals surface area contributed by atoms with Gasteiger partial charge in [0.25, 0.3) is 5.91 Å². The number of amides is 1. The normalized spacial score (nSPS) is 12.9. The molecule has 1 amide bonds. The zero-order valence-electron chi connectivity index (χ0n) is 19.6. The molecule has 0 unspecified atom stereocenters. The maximum absolute atomic E-state index is 12.1. The summed E-state index contributed by atoms with van der Waals surface area (Å²) in [6.07, 6.45) is 8.90. The third kappa shape index (κ3) is 4.79. The lowest BCUT2D eigenvalue weighted by Crippen LogP contribution is -2.31. The van der Waals surface area contributed by atoms with Gasteiger partial charge < -0.3 is 10.3 Å². The Labute approximate surface area is 200 Å². The van der Waals surface area contributed by atoms with Crippen LogP contribution >= 0.6 is 0 Å². The van der Waals surface area contributed by atoms with Crippen LogP contribution in [-0.2, 0) is 12.8 Å². The smallest absolute Gasteiger partial charge is 0.253 e. The first kappa shape index (κ1) is 22.1. The molecule has 1 aliphatic rings. The van der Waals surface area contributed by atoms with Crippen LogP contribution in [-0.4, -0.2) is 27.4 Å². The summed E-state index contributed by atoms with van der Waals surface area (Å²) in [6, 6.07) is 21.1. The molecular weight excluding hydrogens is 420 g/mol. The van der Waals surface area contributed by atoms with Gasteiger partial charge in [0.15, 0.2) is 5.82 Å². The molecule has 4 aromatic rings. The molecule has 5 nitrogen and oxygen atoms in total. The summed E-state index contributed by atoms with van der Waals surface area (Å²) in [7, 11) is 0. The molecule has 0 saturated heterocycles. The van der Waals surface area contributed by atoms with E-state index in [4.69, 9.17) is 4.98 Å². The van der Waals surface area contributed by atoms with E-state index in [0.29, 0.717) is 17.9 Å². The van der Waals surface area contributed by atoms with E-state index in [0.717, 1.165) is 35.5 Å². The molecule has 3 heterocycles. The maximum atomic E-state index is 12.1. The summed E-state index contributed by atoms with van der Waals surface area (Å²) in [4.78, 5) is 24.7. The molecule has 2 aromatic carbocycles. The number of carbonyl (C=O) groups is 1. The van der Waals surface area contributed by atoms with Crippen molar-refractivity contribution in [1.29, 1.82) is 0 Å². The van der Waals surface area contributed by atoms with Gasteiger partial charge in [-0.15, -0.1) is 0 Å². The molecule has 5 rings (SSSR count). The molecular formula is C29H30N4O. The topological polar surface area (TPSA) is 70.7 Å². The molecule has 1 aliphatic heterocycles. The number of unbranched alkanes of at least 4 members (excludes halogenated alkanes) is 3. The van der Waals surface area contributed by atoms with Crippen molar-refractivity contribution < 1.29 is 4.79 Å². The van der Waals surface area contributed by atoms with Gasteiger partial charge in [0.05, 0.1) is 17.0 Å². The highest BCUT2D eigenvalue weighted by Gasteiger charge is 2.20. The van der Waals surface area contributed by atoms with Crippen molar-refractivity contribution in [3.8, 4) is 33.9 Å². The summed E-state index contributed by atoms with van der Waals surface area (Å²) < 4.78 is 0. The number of hydrogen-bond donors (Lipinski definition) is 2. The number of carbonyl (C=O) groups excluding carboxylic acids is 1. The third-order valence-corrected chi connectivity index (χ3v) is 6.49. The van der Waals surface area contributed by atoms with Crippen LogP contribution < -0.4 is 5.32 Å². The van der Waals surface area contributed by atoms with Crippen molar-refractivity contribution in [3.05, 3.63) is 83.7 Å². The van der Waals surface area contributed by atoms with Gasteiger partial charge in [-0.2, -0.15) is 0 Å². The van der Waals surface area contributed by atoms with Crippen molar-refractivity contribution >= 4 is 5.91 Å². The molecule has 0 fully saturated rings. The average molecular weight is 451 g/mol. The fourth-order valence-electron chi connectivity index (χ4n) is 4.51. The van der Waals surface area contributed by atoms with Crippen LogP contribution in [0.4, 0.5) is 0 Å². The number of aromatic nitrogens is 3. The number of aryl methyl sites for hydroxylation is 1. The van der Waals surface area contributed by atoms with E-state index in [1.54, 1.807) is 6.20 Å². The first-order chi connectivity index (χ1) is 16.7. The van der Waals surface area contributed by atoms with Crippen LogP contribution in [0.5, 0.6) is 0 Å². The van der Waals surface area contributed by atoms with Gasteiger partial charge in [-0.3, -0.25) is 4.79 Å². The van der Waals surface area contributed by atoms with Gasteiger partial charge in [-0.05, 0) is 41.7 Å². The number of H-pyrrole nitrogens is 1. The molecule has 0 saturated carbocycles. The maximum Gasteiger partial charge on any atom is 0.253 e. The van der Waals surface area contributed by atoms with Crippen molar-refractivity contribution in [2.45, 2.75) is 45.4 Å². The Kier molecular flexibility index (Phi) is 6.52. The molecule has 0 radical (unpaired) electrons. The Hall–Kier alpha value is -3.73. The number of fused-ring (bicyclic) bond motifs is 1. The highest BCUT2D eigenvalue weighted by atomic mass is 16.1. The largest absolute Gasteiger partial charge is 0.356 e. The number of rotatable bonds is 8. The Bertz CT molecular complexity index is 1270. The van der Waals surface area contributed by atoms with Crippen molar-refractivity contribution in [1.82, 2.24) is 20.3 Å². The molecule has 0 aliphatic carbocycles. The predicted octanol–water partition coefficient (Wildman–Crippen LogP) is 6.21. The van der Waals surface area contributed by atoms with Crippen LogP contribution in [0.2, 0.25) is 0 Å². The molecule has 0 bridgehead atoms. The Morgan fingerprint density at radius 3 is 2.35 bits per heavy atom. The second-order valence-corrected chi connectivity index (χ2v) is 8.93. The molecule has 2 N–H and O–H groups in total. The van der Waals surface area contributed by atoms with Crippen LogP contribution in [0, 0.1) is 0 Å². The van der Waals surface area contributed by atoms with E-state index in [1.807, 2.05) is 12.1 Å². The summed E-state index contributed by atoms with van der Waals surface area (Å²) in [5.74, 6) is 0.640. The molecule has 34 heavy (non-hydrogen) atoms. The first-order valence-corrected chi connectivity index (χ1v) is 12.2. The van der Waals surface area contributed by atoms with Gasteiger partial charge in [0.1, 0.15) is 0 Å². The lowest BCUT2D eigenvalue weighted by Gasteiger charge is -2.10. The van der Waals surface area contributed by atoms with E-state index in [-0.39, 0.29) is 5.91 Å². The van der Waals surface area contributed by atoms with E-state index in [2.05, 4.69) is 70.7 Å². The second-order valence-electron chi connectivity index (χ2n) is 8.93.